The first kappa shape index (κ1) is 12.1. The molecule has 1 heterocycles. The number of rotatable bonds is 2. The fourth-order valence-corrected chi connectivity index (χ4v) is 2.06. The largest absolute Gasteiger partial charge is 0.691 e. The minimum absolute atomic E-state index is 0.00596. The van der Waals surface area contributed by atoms with Gasteiger partial charge in [-0.3, -0.25) is 0 Å². The quantitative estimate of drug-likeness (QED) is 0.484. The lowest BCUT2D eigenvalue weighted by atomic mass is 10.3. The van der Waals surface area contributed by atoms with Crippen molar-refractivity contribution in [2.75, 3.05) is 0 Å². The zero-order valence-electron chi connectivity index (χ0n) is 8.09. The maximum absolute atomic E-state index is 11.7. The van der Waals surface area contributed by atoms with Crippen LogP contribution in [0.4, 0.5) is 5.69 Å². The molecule has 0 aliphatic carbocycles. The van der Waals surface area contributed by atoms with E-state index in [1.54, 1.807) is 0 Å². The lowest BCUT2D eigenvalue weighted by molar-refractivity contribution is -0.447. The zero-order valence-corrected chi connectivity index (χ0v) is 10.4. The lowest BCUT2D eigenvalue weighted by Gasteiger charge is -2.08. The molecule has 17 heavy (non-hydrogen) atoms. The maximum atomic E-state index is 11.7. The summed E-state index contributed by atoms with van der Waals surface area (Å²) in [4.78, 5) is 0.268. The van der Waals surface area contributed by atoms with E-state index < -0.39 is 0 Å². The molecule has 0 aliphatic heterocycles. The zero-order chi connectivity index (χ0) is 12.4. The number of nitrogens with zero attached hydrogens (tertiary/aromatic N) is 5. The lowest BCUT2D eigenvalue weighted by Crippen LogP contribution is -1.97. The van der Waals surface area contributed by atoms with Crippen LogP contribution in [-0.2, 0) is 0 Å². The Hall–Kier alpha value is -1.37. The van der Waals surface area contributed by atoms with Crippen molar-refractivity contribution in [2.45, 2.75) is 0 Å². The smallest absolute Gasteiger partial charge is 0.231 e. The van der Waals surface area contributed by atoms with E-state index >= 15 is 0 Å². The molecular weight excluding hydrogens is 288 g/mol. The first-order valence-corrected chi connectivity index (χ1v) is 5.39. The van der Waals surface area contributed by atoms with Crippen molar-refractivity contribution in [3.8, 4) is 0 Å². The summed E-state index contributed by atoms with van der Waals surface area (Å²) < 4.78 is 1.12. The molecule has 0 fully saturated rings. The van der Waals surface area contributed by atoms with Gasteiger partial charge in [-0.25, -0.2) is 0 Å². The van der Waals surface area contributed by atoms with Gasteiger partial charge in [0.25, 0.3) is 0 Å². The monoisotopic (exact) mass is 291 g/mol. The highest BCUT2D eigenvalue weighted by molar-refractivity contribution is 6.40. The second kappa shape index (κ2) is 4.87. The van der Waals surface area contributed by atoms with Crippen molar-refractivity contribution < 1.29 is 4.86 Å². The highest BCUT2D eigenvalue weighted by atomic mass is 35.5. The third-order valence-corrected chi connectivity index (χ3v) is 2.56. The Kier molecular flexibility index (Phi) is 3.46. The summed E-state index contributed by atoms with van der Waals surface area (Å²) in [5, 5.41) is 22.9. The molecular formula is C8H4Cl3N5O. The number of hydrogen-bond donors (Lipinski definition) is 0. The van der Waals surface area contributed by atoms with Gasteiger partial charge in [-0.2, -0.15) is 0 Å². The fraction of sp³-hybridized carbons (Fsp3) is 0. The Balaban J connectivity index is 2.47. The van der Waals surface area contributed by atoms with E-state index in [2.05, 4.69) is 15.4 Å². The van der Waals surface area contributed by atoms with E-state index in [9.17, 15) is 5.21 Å². The molecule has 0 radical (unpaired) electrons. The molecule has 2 rings (SSSR count). The van der Waals surface area contributed by atoms with E-state index in [4.69, 9.17) is 34.8 Å². The highest BCUT2D eigenvalue weighted by Gasteiger charge is 2.13. The molecule has 0 bridgehead atoms. The molecule has 2 aromatic rings. The number of hydrogen-bond acceptors (Lipinski definition) is 4. The number of halogens is 3. The summed E-state index contributed by atoms with van der Waals surface area (Å²) in [6, 6.07) is 2.80. The molecule has 0 unspecified atom stereocenters. The molecule has 0 atom stereocenters. The van der Waals surface area contributed by atoms with Crippen LogP contribution in [0.5, 0.6) is 0 Å². The van der Waals surface area contributed by atoms with Crippen molar-refractivity contribution >= 4 is 40.5 Å². The van der Waals surface area contributed by atoms with Gasteiger partial charge in [-0.15, -0.1) is 15.1 Å². The number of aromatic nitrogens is 3. The van der Waals surface area contributed by atoms with E-state index in [0.29, 0.717) is 5.02 Å². The molecule has 0 amide bonds. The molecule has 1 aromatic carbocycles. The molecule has 0 N–H and O–H groups in total. The standard InChI is InChI=1S/C8H4Cl3N5O/c9-5-1-6(10)8(7(11)2-5)16(17)14-15-3-12-13-4-15/h1-4H. The van der Waals surface area contributed by atoms with E-state index in [0.717, 1.165) is 4.68 Å². The molecule has 6 nitrogen and oxygen atoms in total. The average molecular weight is 293 g/mol. The Morgan fingerprint density at radius 2 is 1.65 bits per heavy atom. The molecule has 1 aromatic heterocycles. The molecule has 88 valence electrons. The molecule has 0 saturated heterocycles. The topological polar surface area (TPSA) is 69.1 Å². The van der Waals surface area contributed by atoms with E-state index in [-0.39, 0.29) is 20.6 Å². The minimum atomic E-state index is 0.00596. The summed E-state index contributed by atoms with van der Waals surface area (Å²) >= 11 is 17.4. The van der Waals surface area contributed by atoms with Gasteiger partial charge in [0, 0.05) is 5.02 Å². The molecule has 9 heteroatoms. The van der Waals surface area contributed by atoms with Gasteiger partial charge in [0.2, 0.25) is 12.7 Å². The van der Waals surface area contributed by atoms with Gasteiger partial charge in [0.15, 0.2) is 5.69 Å². The van der Waals surface area contributed by atoms with Gasteiger partial charge < -0.3 is 5.21 Å². The maximum Gasteiger partial charge on any atom is 0.231 e. The van der Waals surface area contributed by atoms with Crippen LogP contribution in [0.1, 0.15) is 0 Å². The SMILES string of the molecule is [O-][N+](=Nn1cnnc1)c1c(Cl)cc(Cl)cc1Cl. The summed E-state index contributed by atoms with van der Waals surface area (Å²) in [6.45, 7) is 0. The highest BCUT2D eigenvalue weighted by Crippen LogP contribution is 2.35. The van der Waals surface area contributed by atoms with Crippen LogP contribution < -0.4 is 0 Å². The van der Waals surface area contributed by atoms with Crippen molar-refractivity contribution in [1.82, 2.24) is 14.9 Å². The predicted octanol–water partition coefficient (Wildman–Crippen LogP) is 3.30. The average Bonchev–Trinajstić information content (AvgIpc) is 2.68. The normalized spacial score (nSPS) is 11.8. The van der Waals surface area contributed by atoms with Crippen molar-refractivity contribution in [3.05, 3.63) is 45.1 Å². The second-order valence-electron chi connectivity index (χ2n) is 2.92. The van der Waals surface area contributed by atoms with Gasteiger partial charge in [-0.1, -0.05) is 39.5 Å². The molecule has 0 saturated carbocycles. The fourth-order valence-electron chi connectivity index (χ4n) is 1.10. The molecule has 0 aliphatic rings. The Bertz CT molecular complexity index is 546. The summed E-state index contributed by atoms with van der Waals surface area (Å²) in [7, 11) is 0. The van der Waals surface area contributed by atoms with Crippen molar-refractivity contribution in [3.63, 3.8) is 0 Å². The Morgan fingerprint density at radius 1 is 1.12 bits per heavy atom. The van der Waals surface area contributed by atoms with Gasteiger partial charge >= 0.3 is 0 Å². The first-order chi connectivity index (χ1) is 8.08. The van der Waals surface area contributed by atoms with Crippen LogP contribution in [-0.4, -0.2) is 19.7 Å². The van der Waals surface area contributed by atoms with E-state index in [1.807, 2.05) is 0 Å². The third-order valence-electron chi connectivity index (χ3n) is 1.76. The van der Waals surface area contributed by atoms with Gasteiger partial charge in [0.1, 0.15) is 5.22 Å². The third kappa shape index (κ3) is 2.66. The van der Waals surface area contributed by atoms with Crippen LogP contribution in [0.2, 0.25) is 15.1 Å². The van der Waals surface area contributed by atoms with Crippen LogP contribution >= 0.6 is 34.8 Å². The van der Waals surface area contributed by atoms with Crippen LogP contribution in [0.3, 0.4) is 0 Å². The van der Waals surface area contributed by atoms with Gasteiger partial charge in [0.05, 0.1) is 10.0 Å². The summed E-state index contributed by atoms with van der Waals surface area (Å²) in [6.07, 6.45) is 2.51. The summed E-state index contributed by atoms with van der Waals surface area (Å²) in [5.74, 6) is 0. The minimum Gasteiger partial charge on any atom is -0.691 e. The van der Waals surface area contributed by atoms with Crippen LogP contribution in [0, 0.1) is 5.21 Å². The predicted molar refractivity (Wildman–Crippen MR) is 62.6 cm³/mol. The van der Waals surface area contributed by atoms with Crippen molar-refractivity contribution in [1.29, 1.82) is 0 Å². The molecule has 0 spiro atoms. The van der Waals surface area contributed by atoms with E-state index in [1.165, 1.54) is 24.8 Å². The van der Waals surface area contributed by atoms with Gasteiger partial charge in [-0.05, 0) is 12.1 Å². The second-order valence-corrected chi connectivity index (χ2v) is 4.17. The number of benzene rings is 1. The first-order valence-electron chi connectivity index (χ1n) is 4.26. The van der Waals surface area contributed by atoms with Crippen molar-refractivity contribution in [2.24, 2.45) is 5.22 Å². The van der Waals surface area contributed by atoms with Crippen LogP contribution in [0.15, 0.2) is 30.0 Å². The summed E-state index contributed by atoms with van der Waals surface area (Å²) in [5.41, 5.74) is 0.00596. The Morgan fingerprint density at radius 3 is 2.18 bits per heavy atom. The Labute approximate surface area is 111 Å². The van der Waals surface area contributed by atoms with Crippen LogP contribution in [0.25, 0.3) is 0 Å².